The van der Waals surface area contributed by atoms with Crippen molar-refractivity contribution >= 4 is 0 Å². The molecule has 106 valence electrons. The van der Waals surface area contributed by atoms with Crippen molar-refractivity contribution in [3.63, 3.8) is 0 Å². The summed E-state index contributed by atoms with van der Waals surface area (Å²) < 4.78 is 11.6. The summed E-state index contributed by atoms with van der Waals surface area (Å²) in [5, 5.41) is 9.13. The van der Waals surface area contributed by atoms with Crippen LogP contribution in [0.4, 0.5) is 0 Å². The molecule has 0 N–H and O–H groups in total. The van der Waals surface area contributed by atoms with E-state index in [0.29, 0.717) is 6.04 Å². The first-order chi connectivity index (χ1) is 9.31. The van der Waals surface area contributed by atoms with Crippen LogP contribution in [-0.4, -0.2) is 49.5 Å². The second-order valence-electron chi connectivity index (χ2n) is 6.25. The highest BCUT2D eigenvalue weighted by Gasteiger charge is 2.41. The van der Waals surface area contributed by atoms with Crippen LogP contribution < -0.4 is 0 Å². The van der Waals surface area contributed by atoms with Gasteiger partial charge in [-0.2, -0.15) is 5.26 Å². The van der Waals surface area contributed by atoms with Gasteiger partial charge in [0.25, 0.3) is 0 Å². The van der Waals surface area contributed by atoms with Crippen LogP contribution in [-0.2, 0) is 9.47 Å². The fourth-order valence-electron chi connectivity index (χ4n) is 3.85. The lowest BCUT2D eigenvalue weighted by atomic mass is 9.82. The lowest BCUT2D eigenvalue weighted by molar-refractivity contribution is -0.152. The maximum absolute atomic E-state index is 9.13. The third-order valence-electron chi connectivity index (χ3n) is 5.02. The Morgan fingerprint density at radius 2 is 2.00 bits per heavy atom. The molecule has 3 rings (SSSR count). The molecule has 1 spiro atoms. The Morgan fingerprint density at radius 1 is 1.16 bits per heavy atom. The van der Waals surface area contributed by atoms with Crippen molar-refractivity contribution in [3.8, 4) is 6.07 Å². The predicted octanol–water partition coefficient (Wildman–Crippen LogP) is 1.95. The Bertz CT molecular complexity index is 341. The lowest BCUT2D eigenvalue weighted by Crippen LogP contribution is -2.53. The predicted molar refractivity (Wildman–Crippen MR) is 71.7 cm³/mol. The second kappa shape index (κ2) is 5.78. The average molecular weight is 264 g/mol. The molecule has 0 radical (unpaired) electrons. The zero-order valence-electron chi connectivity index (χ0n) is 11.6. The minimum absolute atomic E-state index is 0.0702. The normalized spacial score (nSPS) is 35.9. The molecule has 0 bridgehead atoms. The molecule has 0 amide bonds. The maximum Gasteiger partial charge on any atom is 0.0741 e. The summed E-state index contributed by atoms with van der Waals surface area (Å²) in [6.07, 6.45) is 6.59. The second-order valence-corrected chi connectivity index (χ2v) is 6.25. The SMILES string of the molecule is N#CC1CCCN(C2CCOC3(CCOCC3)C2)C1. The Labute approximate surface area is 115 Å². The van der Waals surface area contributed by atoms with E-state index in [1.807, 2.05) is 0 Å². The van der Waals surface area contributed by atoms with Gasteiger partial charge in [-0.05, 0) is 45.1 Å². The van der Waals surface area contributed by atoms with Crippen LogP contribution in [0.5, 0.6) is 0 Å². The van der Waals surface area contributed by atoms with E-state index in [-0.39, 0.29) is 11.5 Å². The summed E-state index contributed by atoms with van der Waals surface area (Å²) in [7, 11) is 0. The van der Waals surface area contributed by atoms with E-state index < -0.39 is 0 Å². The largest absolute Gasteiger partial charge is 0.381 e. The Kier molecular flexibility index (Phi) is 4.07. The van der Waals surface area contributed by atoms with E-state index in [0.717, 1.165) is 65.0 Å². The molecular formula is C15H24N2O2. The minimum Gasteiger partial charge on any atom is -0.381 e. The first kappa shape index (κ1) is 13.4. The van der Waals surface area contributed by atoms with Gasteiger partial charge in [-0.3, -0.25) is 4.90 Å². The summed E-state index contributed by atoms with van der Waals surface area (Å²) in [5.41, 5.74) is 0.0702. The number of hydrogen-bond donors (Lipinski definition) is 0. The van der Waals surface area contributed by atoms with E-state index in [4.69, 9.17) is 14.7 Å². The number of likely N-dealkylation sites (tertiary alicyclic amines) is 1. The molecule has 4 nitrogen and oxygen atoms in total. The first-order valence-corrected chi connectivity index (χ1v) is 7.67. The Morgan fingerprint density at radius 3 is 2.79 bits per heavy atom. The van der Waals surface area contributed by atoms with Gasteiger partial charge in [0.15, 0.2) is 0 Å². The van der Waals surface area contributed by atoms with Crippen molar-refractivity contribution in [2.24, 2.45) is 5.92 Å². The highest BCUT2D eigenvalue weighted by atomic mass is 16.5. The van der Waals surface area contributed by atoms with Gasteiger partial charge in [0, 0.05) is 32.4 Å². The average Bonchev–Trinajstić information content (AvgIpc) is 2.48. The van der Waals surface area contributed by atoms with E-state index in [9.17, 15) is 0 Å². The fraction of sp³-hybridized carbons (Fsp3) is 0.933. The minimum atomic E-state index is 0.0702. The quantitative estimate of drug-likeness (QED) is 0.726. The van der Waals surface area contributed by atoms with E-state index in [1.165, 1.54) is 6.42 Å². The van der Waals surface area contributed by atoms with Gasteiger partial charge in [0.05, 0.1) is 17.6 Å². The molecule has 4 heteroatoms. The molecule has 19 heavy (non-hydrogen) atoms. The summed E-state index contributed by atoms with van der Waals surface area (Å²) in [6, 6.07) is 3.06. The van der Waals surface area contributed by atoms with Crippen molar-refractivity contribution in [1.82, 2.24) is 4.90 Å². The number of nitriles is 1. The van der Waals surface area contributed by atoms with Crippen molar-refractivity contribution in [2.45, 2.75) is 50.2 Å². The van der Waals surface area contributed by atoms with Crippen LogP contribution >= 0.6 is 0 Å². The van der Waals surface area contributed by atoms with Crippen molar-refractivity contribution in [2.75, 3.05) is 32.9 Å². The van der Waals surface area contributed by atoms with Crippen LogP contribution in [0, 0.1) is 17.2 Å². The molecular weight excluding hydrogens is 240 g/mol. The molecule has 0 aromatic heterocycles. The summed E-state index contributed by atoms with van der Waals surface area (Å²) in [6.45, 7) is 4.68. The number of hydrogen-bond acceptors (Lipinski definition) is 4. The van der Waals surface area contributed by atoms with E-state index in [2.05, 4.69) is 11.0 Å². The van der Waals surface area contributed by atoms with Crippen molar-refractivity contribution in [1.29, 1.82) is 5.26 Å². The van der Waals surface area contributed by atoms with Gasteiger partial charge >= 0.3 is 0 Å². The third kappa shape index (κ3) is 2.94. The van der Waals surface area contributed by atoms with E-state index >= 15 is 0 Å². The Balaban J connectivity index is 1.63. The van der Waals surface area contributed by atoms with E-state index in [1.54, 1.807) is 0 Å². The fourth-order valence-corrected chi connectivity index (χ4v) is 3.85. The summed E-state index contributed by atoms with van der Waals surface area (Å²) in [5.74, 6) is 0.238. The molecule has 0 saturated carbocycles. The molecule has 3 aliphatic rings. The molecule has 0 aromatic carbocycles. The zero-order chi connectivity index (χ0) is 13.1. The monoisotopic (exact) mass is 264 g/mol. The Hall–Kier alpha value is -0.630. The molecule has 2 unspecified atom stereocenters. The summed E-state index contributed by atoms with van der Waals surface area (Å²) >= 11 is 0. The number of ether oxygens (including phenoxy) is 2. The molecule has 3 fully saturated rings. The van der Waals surface area contributed by atoms with Gasteiger partial charge in [0.1, 0.15) is 0 Å². The maximum atomic E-state index is 9.13. The van der Waals surface area contributed by atoms with Gasteiger partial charge in [0.2, 0.25) is 0 Å². The van der Waals surface area contributed by atoms with Crippen molar-refractivity contribution < 1.29 is 9.47 Å². The van der Waals surface area contributed by atoms with Crippen LogP contribution in [0.3, 0.4) is 0 Å². The van der Waals surface area contributed by atoms with Crippen LogP contribution in [0.15, 0.2) is 0 Å². The molecule has 0 aromatic rings. The van der Waals surface area contributed by atoms with Gasteiger partial charge in [-0.1, -0.05) is 0 Å². The zero-order valence-corrected chi connectivity index (χ0v) is 11.6. The molecule has 2 atom stereocenters. The van der Waals surface area contributed by atoms with Gasteiger partial charge < -0.3 is 9.47 Å². The lowest BCUT2D eigenvalue weighted by Gasteiger charge is -2.47. The van der Waals surface area contributed by atoms with Crippen LogP contribution in [0.1, 0.15) is 38.5 Å². The first-order valence-electron chi connectivity index (χ1n) is 7.67. The van der Waals surface area contributed by atoms with Gasteiger partial charge in [-0.25, -0.2) is 0 Å². The topological polar surface area (TPSA) is 45.5 Å². The van der Waals surface area contributed by atoms with Crippen LogP contribution in [0.25, 0.3) is 0 Å². The number of rotatable bonds is 1. The van der Waals surface area contributed by atoms with Crippen molar-refractivity contribution in [3.05, 3.63) is 0 Å². The highest BCUT2D eigenvalue weighted by molar-refractivity contribution is 4.96. The standard InChI is InChI=1S/C15H24N2O2/c16-11-13-2-1-6-17(12-13)14-3-7-19-15(10-14)4-8-18-9-5-15/h13-14H,1-10,12H2. The number of nitrogens with zero attached hydrogens (tertiary/aromatic N) is 2. The third-order valence-corrected chi connectivity index (χ3v) is 5.02. The number of piperidine rings is 1. The molecule has 3 saturated heterocycles. The smallest absolute Gasteiger partial charge is 0.0741 e. The molecule has 3 heterocycles. The van der Waals surface area contributed by atoms with Gasteiger partial charge in [-0.15, -0.1) is 0 Å². The van der Waals surface area contributed by atoms with Crippen LogP contribution in [0.2, 0.25) is 0 Å². The highest BCUT2D eigenvalue weighted by Crippen LogP contribution is 2.37. The summed E-state index contributed by atoms with van der Waals surface area (Å²) in [4.78, 5) is 2.55. The molecule has 0 aliphatic carbocycles. The molecule has 3 aliphatic heterocycles.